The molecule has 3 atom stereocenters. The van der Waals surface area contributed by atoms with Gasteiger partial charge in [0.05, 0.1) is 32.4 Å². The Balaban J connectivity index is 1.44. The quantitative estimate of drug-likeness (QED) is 0.253. The molecule has 1 unspecified atom stereocenters. The van der Waals surface area contributed by atoms with Gasteiger partial charge in [-0.1, -0.05) is 6.92 Å². The van der Waals surface area contributed by atoms with Crippen LogP contribution in [0.4, 0.5) is 32.8 Å². The number of fused-ring (bicyclic) bond motifs is 3. The van der Waals surface area contributed by atoms with Gasteiger partial charge in [0.25, 0.3) is 0 Å². The number of aromatic nitrogens is 3. The van der Waals surface area contributed by atoms with Gasteiger partial charge in [-0.15, -0.1) is 11.3 Å². The molecule has 0 bridgehead atoms. The van der Waals surface area contributed by atoms with E-state index in [0.717, 1.165) is 36.8 Å². The molecule has 0 amide bonds. The molecular formula is C31H31F5N8OS. The van der Waals surface area contributed by atoms with Crippen LogP contribution < -0.4 is 20.7 Å². The number of thiophene rings is 1. The molecule has 3 saturated heterocycles. The predicted molar refractivity (Wildman–Crippen MR) is 165 cm³/mol. The minimum atomic E-state index is -4.97. The van der Waals surface area contributed by atoms with Crippen molar-refractivity contribution in [3.8, 4) is 23.3 Å². The van der Waals surface area contributed by atoms with E-state index < -0.39 is 40.5 Å². The summed E-state index contributed by atoms with van der Waals surface area (Å²) >= 11 is 0.790. The third-order valence-electron chi connectivity index (χ3n) is 9.45. The van der Waals surface area contributed by atoms with Gasteiger partial charge < -0.3 is 20.7 Å². The van der Waals surface area contributed by atoms with Crippen molar-refractivity contribution < 1.29 is 26.7 Å². The lowest BCUT2D eigenvalue weighted by molar-refractivity contribution is -0.136. The van der Waals surface area contributed by atoms with Gasteiger partial charge in [0, 0.05) is 55.8 Å². The second-order valence-electron chi connectivity index (χ2n) is 12.2. The third-order valence-corrected chi connectivity index (χ3v) is 10.5. The smallest absolute Gasteiger partial charge is 0.420 e. The summed E-state index contributed by atoms with van der Waals surface area (Å²) in [5, 5.41) is 13.2. The Morgan fingerprint density at radius 3 is 2.83 bits per heavy atom. The predicted octanol–water partition coefficient (Wildman–Crippen LogP) is 5.66. The Labute approximate surface area is 265 Å². The fourth-order valence-electron chi connectivity index (χ4n) is 7.27. The Morgan fingerprint density at radius 1 is 1.24 bits per heavy atom. The summed E-state index contributed by atoms with van der Waals surface area (Å²) in [7, 11) is 0. The van der Waals surface area contributed by atoms with Gasteiger partial charge in [-0.2, -0.15) is 28.4 Å². The fraction of sp³-hybridized carbons (Fsp3) is 0.484. The van der Waals surface area contributed by atoms with Crippen LogP contribution in [0.15, 0.2) is 18.3 Å². The van der Waals surface area contributed by atoms with Crippen LogP contribution >= 0.6 is 11.3 Å². The minimum absolute atomic E-state index is 0.00885. The lowest BCUT2D eigenvalue weighted by Crippen LogP contribution is -2.50. The number of nitrogens with two attached hydrogens (primary N) is 1. The van der Waals surface area contributed by atoms with Gasteiger partial charge in [0.2, 0.25) is 0 Å². The van der Waals surface area contributed by atoms with Gasteiger partial charge >= 0.3 is 12.2 Å². The molecule has 6 heterocycles. The van der Waals surface area contributed by atoms with Crippen molar-refractivity contribution >= 4 is 43.1 Å². The van der Waals surface area contributed by atoms with E-state index >= 15 is 13.2 Å². The van der Waals surface area contributed by atoms with Crippen molar-refractivity contribution in [1.82, 2.24) is 25.2 Å². The Hall–Kier alpha value is -3.87. The highest BCUT2D eigenvalue weighted by Crippen LogP contribution is 2.47. The van der Waals surface area contributed by atoms with Gasteiger partial charge in [-0.3, -0.25) is 9.88 Å². The number of anilines is 2. The maximum atomic E-state index is 15.2. The molecule has 0 spiro atoms. The molecule has 242 valence electrons. The number of hydrogen-bond acceptors (Lipinski definition) is 10. The highest BCUT2D eigenvalue weighted by Gasteiger charge is 2.49. The van der Waals surface area contributed by atoms with E-state index in [1.807, 2.05) is 22.8 Å². The number of nitrogens with zero attached hydrogens (tertiary/aromatic N) is 6. The van der Waals surface area contributed by atoms with Crippen LogP contribution in [-0.2, 0) is 6.18 Å². The van der Waals surface area contributed by atoms with Gasteiger partial charge in [-0.25, -0.2) is 8.78 Å². The summed E-state index contributed by atoms with van der Waals surface area (Å²) in [5.74, 6) is -0.458. The fourth-order valence-corrected chi connectivity index (χ4v) is 8.22. The van der Waals surface area contributed by atoms with Crippen LogP contribution in [0.1, 0.15) is 43.7 Å². The number of hydrogen-bond donors (Lipinski definition) is 2. The summed E-state index contributed by atoms with van der Waals surface area (Å²) < 4.78 is 81.0. The first kappa shape index (κ1) is 30.8. The zero-order chi connectivity index (χ0) is 32.4. The first-order valence-corrected chi connectivity index (χ1v) is 16.0. The maximum absolute atomic E-state index is 15.2. The second kappa shape index (κ2) is 11.4. The standard InChI is InChI=1S/C31H31F5N8OS/c1-2-17-14-43(9-7-39-17)28-20-12-40-24(18-4-5-21(33)26-22(18)19(11-37)27(38)46-26)23(31(34,35)36)25(20)41-29(42-28)45-15-30-6-3-8-44(30)13-16(32)10-30/h4-5,12,16-17,39H,2-3,6-10,13-15,38H2,1H3/t16-,17?,30+/m0/s1. The van der Waals surface area contributed by atoms with Gasteiger partial charge in [0.1, 0.15) is 41.0 Å². The van der Waals surface area contributed by atoms with Crippen molar-refractivity contribution in [2.24, 2.45) is 0 Å². The monoisotopic (exact) mass is 658 g/mol. The Morgan fingerprint density at radius 2 is 2.07 bits per heavy atom. The van der Waals surface area contributed by atoms with Crippen LogP contribution in [0.25, 0.3) is 32.2 Å². The van der Waals surface area contributed by atoms with Crippen molar-refractivity contribution in [3.63, 3.8) is 0 Å². The van der Waals surface area contributed by atoms with Crippen LogP contribution in [-0.4, -0.2) is 76.9 Å². The number of nitriles is 1. The Kier molecular flexibility index (Phi) is 7.64. The number of nitrogen functional groups attached to an aromatic ring is 1. The van der Waals surface area contributed by atoms with Crippen molar-refractivity contribution in [1.29, 1.82) is 5.26 Å². The number of alkyl halides is 4. The number of halogens is 5. The molecule has 0 aliphatic carbocycles. The summed E-state index contributed by atoms with van der Waals surface area (Å²) in [6.45, 7) is 4.64. The van der Waals surface area contributed by atoms with E-state index in [-0.39, 0.29) is 62.5 Å². The van der Waals surface area contributed by atoms with Crippen LogP contribution in [0.5, 0.6) is 6.01 Å². The van der Waals surface area contributed by atoms with E-state index in [2.05, 4.69) is 20.3 Å². The molecule has 4 aromatic rings. The summed E-state index contributed by atoms with van der Waals surface area (Å²) in [6, 6.07) is 3.96. The van der Waals surface area contributed by atoms with Crippen LogP contribution in [0.3, 0.4) is 0 Å². The number of ether oxygens (including phenoxy) is 1. The summed E-state index contributed by atoms with van der Waals surface area (Å²) in [4.78, 5) is 17.2. The zero-order valence-electron chi connectivity index (χ0n) is 24.9. The van der Waals surface area contributed by atoms with E-state index in [1.54, 1.807) is 0 Å². The number of nitrogens with one attached hydrogen (secondary N) is 1. The molecule has 3 aromatic heterocycles. The highest BCUT2D eigenvalue weighted by atomic mass is 32.1. The molecule has 0 saturated carbocycles. The van der Waals surface area contributed by atoms with E-state index in [9.17, 15) is 14.0 Å². The number of rotatable bonds is 6. The first-order valence-electron chi connectivity index (χ1n) is 15.2. The average molecular weight is 659 g/mol. The molecule has 3 fully saturated rings. The van der Waals surface area contributed by atoms with E-state index in [1.165, 1.54) is 12.3 Å². The van der Waals surface area contributed by atoms with E-state index in [0.29, 0.717) is 32.6 Å². The second-order valence-corrected chi connectivity index (χ2v) is 13.2. The Bertz CT molecular complexity index is 1880. The summed E-state index contributed by atoms with van der Waals surface area (Å²) in [5.41, 5.74) is 3.10. The minimum Gasteiger partial charge on any atom is -0.461 e. The van der Waals surface area contributed by atoms with Crippen molar-refractivity contribution in [2.75, 3.05) is 50.0 Å². The normalized spacial score (nSPS) is 23.7. The van der Waals surface area contributed by atoms with Gasteiger partial charge in [-0.05, 0) is 37.9 Å². The molecule has 3 aliphatic rings. The van der Waals surface area contributed by atoms with Crippen LogP contribution in [0, 0.1) is 17.1 Å². The zero-order valence-corrected chi connectivity index (χ0v) is 25.7. The molecule has 46 heavy (non-hydrogen) atoms. The number of benzene rings is 1. The topological polar surface area (TPSA) is 116 Å². The highest BCUT2D eigenvalue weighted by molar-refractivity contribution is 7.23. The molecule has 0 radical (unpaired) electrons. The molecule has 7 rings (SSSR count). The third kappa shape index (κ3) is 5.07. The molecule has 9 nitrogen and oxygen atoms in total. The van der Waals surface area contributed by atoms with E-state index in [4.69, 9.17) is 10.5 Å². The van der Waals surface area contributed by atoms with Crippen LogP contribution in [0.2, 0.25) is 0 Å². The SMILES string of the molecule is CCC1CN(c2nc(OC[C@]34CCCN3C[C@@H](F)C4)nc3c(C(F)(F)F)c(-c4ccc(F)c5sc(N)c(C#N)c45)ncc23)CCN1. The maximum Gasteiger partial charge on any atom is 0.420 e. The number of pyridine rings is 1. The summed E-state index contributed by atoms with van der Waals surface area (Å²) in [6.07, 6.45) is -2.03. The largest absolute Gasteiger partial charge is 0.461 e. The van der Waals surface area contributed by atoms with Gasteiger partial charge in [0.15, 0.2) is 0 Å². The molecule has 1 aromatic carbocycles. The first-order chi connectivity index (χ1) is 22.0. The van der Waals surface area contributed by atoms with Crippen molar-refractivity contribution in [2.45, 2.75) is 56.5 Å². The lowest BCUT2D eigenvalue weighted by Gasteiger charge is -2.35. The lowest BCUT2D eigenvalue weighted by atomic mass is 9.95. The number of piperazine rings is 1. The molecular weight excluding hydrogens is 627 g/mol. The molecule has 3 N–H and O–H groups in total. The van der Waals surface area contributed by atoms with Crippen molar-refractivity contribution in [3.05, 3.63) is 35.3 Å². The molecule has 15 heteroatoms. The average Bonchev–Trinajstić information content (AvgIpc) is 3.68. The molecule has 3 aliphatic heterocycles.